The molecule has 0 unspecified atom stereocenters. The zero-order valence-electron chi connectivity index (χ0n) is 15.4. The van der Waals surface area contributed by atoms with Crippen LogP contribution in [-0.4, -0.2) is 48.5 Å². The Balaban J connectivity index is 2.33. The van der Waals surface area contributed by atoms with Crippen molar-refractivity contribution in [2.75, 3.05) is 18.1 Å². The molecule has 0 saturated heterocycles. The number of hydrogen-bond donors (Lipinski definition) is 0. The van der Waals surface area contributed by atoms with Gasteiger partial charge in [-0.1, -0.05) is 0 Å². The van der Waals surface area contributed by atoms with Crippen molar-refractivity contribution in [2.45, 2.75) is 39.7 Å². The van der Waals surface area contributed by atoms with Crippen LogP contribution in [0.3, 0.4) is 0 Å². The van der Waals surface area contributed by atoms with Crippen LogP contribution in [0.2, 0.25) is 0 Å². The summed E-state index contributed by atoms with van der Waals surface area (Å²) >= 11 is 0. The zero-order valence-corrected chi connectivity index (χ0v) is 15.4. The largest absolute Gasteiger partial charge is 0.482 e. The van der Waals surface area contributed by atoms with Crippen molar-refractivity contribution in [3.8, 4) is 5.75 Å². The number of Topliss-reactive ketones (excluding diaryl/α,β-unsaturated/α-hetero) is 3. The summed E-state index contributed by atoms with van der Waals surface area (Å²) in [4.78, 5) is 61.1. The summed E-state index contributed by atoms with van der Waals surface area (Å²) in [5.74, 6) is -2.02. The molecular weight excluding hydrogens is 354 g/mol. The highest BCUT2D eigenvalue weighted by molar-refractivity contribution is 6.15. The second-order valence-electron chi connectivity index (χ2n) is 6.09. The van der Waals surface area contributed by atoms with E-state index in [1.807, 2.05) is 0 Å². The lowest BCUT2D eigenvalue weighted by Gasteiger charge is -2.33. The molecule has 8 heteroatoms. The lowest BCUT2D eigenvalue weighted by molar-refractivity contribution is -0.143. The number of hydrogen-bond acceptors (Lipinski definition) is 7. The molecule has 0 N–H and O–H groups in total. The molecule has 1 heterocycles. The maximum atomic E-state index is 12.4. The van der Waals surface area contributed by atoms with Crippen LogP contribution in [0, 0.1) is 0 Å². The first kappa shape index (κ1) is 20.3. The highest BCUT2D eigenvalue weighted by Crippen LogP contribution is 2.35. The van der Waals surface area contributed by atoms with Gasteiger partial charge in [0.1, 0.15) is 5.75 Å². The number of anilines is 1. The highest BCUT2D eigenvalue weighted by Gasteiger charge is 2.37. The zero-order chi connectivity index (χ0) is 20.1. The van der Waals surface area contributed by atoms with Crippen molar-refractivity contribution >= 4 is 34.9 Å². The molecule has 1 aliphatic rings. The van der Waals surface area contributed by atoms with Crippen LogP contribution >= 0.6 is 0 Å². The van der Waals surface area contributed by atoms with Crippen LogP contribution in [0.15, 0.2) is 18.2 Å². The van der Waals surface area contributed by atoms with E-state index < -0.39 is 29.5 Å². The molecule has 2 rings (SSSR count). The number of fused-ring (bicyclic) bond motifs is 1. The Morgan fingerprint density at radius 1 is 1.15 bits per heavy atom. The van der Waals surface area contributed by atoms with Crippen LogP contribution in [0.4, 0.5) is 5.69 Å². The van der Waals surface area contributed by atoms with Crippen molar-refractivity contribution in [3.63, 3.8) is 0 Å². The van der Waals surface area contributed by atoms with E-state index in [1.54, 1.807) is 6.92 Å². The molecule has 0 radical (unpaired) electrons. The van der Waals surface area contributed by atoms with E-state index >= 15 is 0 Å². The van der Waals surface area contributed by atoms with E-state index in [-0.39, 0.29) is 43.1 Å². The molecule has 1 aromatic rings. The quantitative estimate of drug-likeness (QED) is 0.385. The summed E-state index contributed by atoms with van der Waals surface area (Å²) in [6.45, 7) is 4.05. The van der Waals surface area contributed by atoms with Gasteiger partial charge in [-0.2, -0.15) is 0 Å². The second-order valence-corrected chi connectivity index (χ2v) is 6.09. The Morgan fingerprint density at radius 3 is 2.41 bits per heavy atom. The molecule has 0 aromatic heterocycles. The summed E-state index contributed by atoms with van der Waals surface area (Å²) in [6, 6.07) is 3.14. The van der Waals surface area contributed by atoms with E-state index in [0.717, 1.165) is 4.90 Å². The molecule has 0 spiro atoms. The SMILES string of the molecule is CCOC(=O)CCC(=O)c1ccc2c(c1)N(C(C(C)=O)C(C)=O)C(=O)CO2. The third kappa shape index (κ3) is 4.58. The van der Waals surface area contributed by atoms with Gasteiger partial charge in [-0.05, 0) is 39.0 Å². The number of carbonyl (C=O) groups is 5. The minimum absolute atomic E-state index is 0.0602. The average molecular weight is 375 g/mol. The number of amides is 1. The lowest BCUT2D eigenvalue weighted by Crippen LogP contribution is -2.52. The average Bonchev–Trinajstić information content (AvgIpc) is 2.61. The number of esters is 1. The third-order valence-corrected chi connectivity index (χ3v) is 4.05. The van der Waals surface area contributed by atoms with Crippen LogP contribution < -0.4 is 9.64 Å². The van der Waals surface area contributed by atoms with E-state index in [2.05, 4.69) is 0 Å². The molecule has 0 bridgehead atoms. The number of rotatable bonds is 8. The van der Waals surface area contributed by atoms with Gasteiger partial charge in [-0.25, -0.2) is 0 Å². The highest BCUT2D eigenvalue weighted by atomic mass is 16.5. The first-order valence-electron chi connectivity index (χ1n) is 8.54. The summed E-state index contributed by atoms with van der Waals surface area (Å²) in [6.07, 6.45) is -0.123. The fourth-order valence-corrected chi connectivity index (χ4v) is 2.87. The molecule has 1 aromatic carbocycles. The number of ketones is 3. The van der Waals surface area contributed by atoms with Gasteiger partial charge < -0.3 is 9.47 Å². The fraction of sp³-hybridized carbons (Fsp3) is 0.421. The minimum Gasteiger partial charge on any atom is -0.482 e. The molecule has 0 atom stereocenters. The third-order valence-electron chi connectivity index (χ3n) is 4.05. The van der Waals surface area contributed by atoms with Gasteiger partial charge in [0.15, 0.2) is 30.0 Å². The molecule has 1 aliphatic heterocycles. The first-order chi connectivity index (χ1) is 12.8. The minimum atomic E-state index is -1.27. The van der Waals surface area contributed by atoms with Crippen LogP contribution in [-0.2, 0) is 23.9 Å². The maximum absolute atomic E-state index is 12.4. The Labute approximate surface area is 156 Å². The smallest absolute Gasteiger partial charge is 0.306 e. The molecular formula is C19H21NO7. The molecule has 27 heavy (non-hydrogen) atoms. The molecule has 0 fully saturated rings. The van der Waals surface area contributed by atoms with Crippen molar-refractivity contribution in [3.05, 3.63) is 23.8 Å². The number of carbonyl (C=O) groups excluding carboxylic acids is 5. The van der Waals surface area contributed by atoms with Crippen molar-refractivity contribution < 1.29 is 33.4 Å². The van der Waals surface area contributed by atoms with Crippen LogP contribution in [0.1, 0.15) is 44.0 Å². The van der Waals surface area contributed by atoms with Crippen LogP contribution in [0.5, 0.6) is 5.75 Å². The van der Waals surface area contributed by atoms with Gasteiger partial charge in [-0.15, -0.1) is 0 Å². The number of ether oxygens (including phenoxy) is 2. The van der Waals surface area contributed by atoms with E-state index in [4.69, 9.17) is 9.47 Å². The Morgan fingerprint density at radius 2 is 1.81 bits per heavy atom. The summed E-state index contributed by atoms with van der Waals surface area (Å²) < 4.78 is 10.1. The predicted molar refractivity (Wildman–Crippen MR) is 94.8 cm³/mol. The Kier molecular flexibility index (Phi) is 6.44. The summed E-state index contributed by atoms with van der Waals surface area (Å²) in [7, 11) is 0. The van der Waals surface area contributed by atoms with Gasteiger partial charge in [0.05, 0.1) is 18.7 Å². The van der Waals surface area contributed by atoms with Gasteiger partial charge in [-0.3, -0.25) is 28.9 Å². The van der Waals surface area contributed by atoms with E-state index in [9.17, 15) is 24.0 Å². The van der Waals surface area contributed by atoms with Gasteiger partial charge >= 0.3 is 5.97 Å². The van der Waals surface area contributed by atoms with Crippen molar-refractivity contribution in [1.82, 2.24) is 0 Å². The van der Waals surface area contributed by atoms with Crippen molar-refractivity contribution in [2.24, 2.45) is 0 Å². The standard InChI is InChI=1S/C19H21NO7/c1-4-26-18(25)8-6-15(23)13-5-7-16-14(9-13)20(17(24)10-27-16)19(11(2)21)12(3)22/h5,7,9,19H,4,6,8,10H2,1-3H3. The summed E-state index contributed by atoms with van der Waals surface area (Å²) in [5, 5.41) is 0. The topological polar surface area (TPSA) is 107 Å². The van der Waals surface area contributed by atoms with Gasteiger partial charge in [0.25, 0.3) is 5.91 Å². The predicted octanol–water partition coefficient (Wildman–Crippen LogP) is 1.48. The van der Waals surface area contributed by atoms with Gasteiger partial charge in [0.2, 0.25) is 0 Å². The number of benzene rings is 1. The van der Waals surface area contributed by atoms with E-state index in [0.29, 0.717) is 5.75 Å². The Hall–Kier alpha value is -3.03. The normalized spacial score (nSPS) is 13.0. The molecule has 144 valence electrons. The molecule has 0 saturated carbocycles. The van der Waals surface area contributed by atoms with Crippen LogP contribution in [0.25, 0.3) is 0 Å². The monoisotopic (exact) mass is 375 g/mol. The fourth-order valence-electron chi connectivity index (χ4n) is 2.87. The maximum Gasteiger partial charge on any atom is 0.306 e. The molecule has 0 aliphatic carbocycles. The summed E-state index contributed by atoms with van der Waals surface area (Å²) in [5.41, 5.74) is 0.427. The molecule has 8 nitrogen and oxygen atoms in total. The van der Waals surface area contributed by atoms with Gasteiger partial charge in [0, 0.05) is 12.0 Å². The Bertz CT molecular complexity index is 785. The second kappa shape index (κ2) is 8.57. The molecule has 1 amide bonds. The number of nitrogens with zero attached hydrogens (tertiary/aromatic N) is 1. The first-order valence-corrected chi connectivity index (χ1v) is 8.54. The van der Waals surface area contributed by atoms with Crippen molar-refractivity contribution in [1.29, 1.82) is 0 Å². The lowest BCUT2D eigenvalue weighted by atomic mass is 10.0. The van der Waals surface area contributed by atoms with E-state index in [1.165, 1.54) is 32.0 Å².